The van der Waals surface area contributed by atoms with Gasteiger partial charge in [-0.25, -0.2) is 9.78 Å². The van der Waals surface area contributed by atoms with Gasteiger partial charge in [-0.05, 0) is 36.4 Å². The number of para-hydroxylation sites is 1. The van der Waals surface area contributed by atoms with Crippen LogP contribution in [0.25, 0.3) is 10.9 Å². The highest BCUT2D eigenvalue weighted by atomic mass is 16.4. The second-order valence-electron chi connectivity index (χ2n) is 5.13. The van der Waals surface area contributed by atoms with Gasteiger partial charge in [0.15, 0.2) is 0 Å². The van der Waals surface area contributed by atoms with E-state index in [0.717, 1.165) is 0 Å². The van der Waals surface area contributed by atoms with E-state index >= 15 is 0 Å². The van der Waals surface area contributed by atoms with Gasteiger partial charge in [-0.2, -0.15) is 0 Å². The molecule has 0 aliphatic heterocycles. The van der Waals surface area contributed by atoms with Crippen LogP contribution < -0.4 is 10.9 Å². The summed E-state index contributed by atoms with van der Waals surface area (Å²) >= 11 is 0. The van der Waals surface area contributed by atoms with Crippen LogP contribution in [-0.2, 0) is 11.3 Å². The van der Waals surface area contributed by atoms with Crippen LogP contribution in [0.2, 0.25) is 0 Å². The van der Waals surface area contributed by atoms with Crippen molar-refractivity contribution < 1.29 is 14.7 Å². The largest absolute Gasteiger partial charge is 0.478 e. The SMILES string of the molecule is O=C(Cn1cnc2ccccc2c1=O)Nc1ccc(C(=O)O)cc1. The van der Waals surface area contributed by atoms with Crippen LogP contribution in [0.4, 0.5) is 5.69 Å². The predicted molar refractivity (Wildman–Crippen MR) is 88.0 cm³/mol. The molecule has 0 saturated heterocycles. The Morgan fingerprint density at radius 1 is 1.08 bits per heavy atom. The van der Waals surface area contributed by atoms with Gasteiger partial charge in [0.25, 0.3) is 5.56 Å². The van der Waals surface area contributed by atoms with Crippen LogP contribution in [0.15, 0.2) is 59.7 Å². The summed E-state index contributed by atoms with van der Waals surface area (Å²) in [7, 11) is 0. The van der Waals surface area contributed by atoms with Crippen molar-refractivity contribution in [2.24, 2.45) is 0 Å². The molecule has 0 bridgehead atoms. The molecule has 0 atom stereocenters. The van der Waals surface area contributed by atoms with Crippen molar-refractivity contribution in [1.29, 1.82) is 0 Å². The molecule has 1 heterocycles. The fourth-order valence-electron chi connectivity index (χ4n) is 2.27. The molecule has 0 unspecified atom stereocenters. The van der Waals surface area contributed by atoms with Gasteiger partial charge >= 0.3 is 5.97 Å². The standard InChI is InChI=1S/C17H13N3O4/c21-15(19-12-7-5-11(6-8-12)17(23)24)9-20-10-18-14-4-2-1-3-13(14)16(20)22/h1-8,10H,9H2,(H,19,21)(H,23,24). The summed E-state index contributed by atoms with van der Waals surface area (Å²) in [5.41, 5.74) is 0.857. The Hall–Kier alpha value is -3.48. The molecule has 0 saturated carbocycles. The van der Waals surface area contributed by atoms with Crippen molar-refractivity contribution in [3.8, 4) is 0 Å². The van der Waals surface area contributed by atoms with E-state index in [-0.39, 0.29) is 17.7 Å². The lowest BCUT2D eigenvalue weighted by Gasteiger charge is -2.08. The first kappa shape index (κ1) is 15.4. The van der Waals surface area contributed by atoms with Crippen molar-refractivity contribution in [3.63, 3.8) is 0 Å². The number of carbonyl (C=O) groups excluding carboxylic acids is 1. The number of fused-ring (bicyclic) bond motifs is 1. The highest BCUT2D eigenvalue weighted by molar-refractivity contribution is 5.92. The third kappa shape index (κ3) is 3.14. The Kier molecular flexibility index (Phi) is 4.07. The van der Waals surface area contributed by atoms with E-state index in [1.807, 2.05) is 0 Å². The van der Waals surface area contributed by atoms with E-state index in [1.165, 1.54) is 35.2 Å². The van der Waals surface area contributed by atoms with Crippen molar-refractivity contribution >= 4 is 28.5 Å². The summed E-state index contributed by atoms with van der Waals surface area (Å²) in [5, 5.41) is 11.9. The summed E-state index contributed by atoms with van der Waals surface area (Å²) < 4.78 is 1.23. The number of hydrogen-bond acceptors (Lipinski definition) is 4. The molecular formula is C17H13N3O4. The molecule has 2 aromatic carbocycles. The Morgan fingerprint density at radius 2 is 1.79 bits per heavy atom. The molecule has 0 aliphatic carbocycles. The van der Waals surface area contributed by atoms with Crippen molar-refractivity contribution in [3.05, 3.63) is 70.8 Å². The zero-order valence-electron chi connectivity index (χ0n) is 12.5. The molecule has 3 aromatic rings. The Morgan fingerprint density at radius 3 is 2.50 bits per heavy atom. The number of amides is 1. The highest BCUT2D eigenvalue weighted by Crippen LogP contribution is 2.10. The number of carboxylic acid groups (broad SMARTS) is 1. The first-order chi connectivity index (χ1) is 11.5. The van der Waals surface area contributed by atoms with Crippen molar-refractivity contribution in [1.82, 2.24) is 9.55 Å². The molecule has 120 valence electrons. The number of nitrogens with one attached hydrogen (secondary N) is 1. The fraction of sp³-hybridized carbons (Fsp3) is 0.0588. The van der Waals surface area contributed by atoms with Crippen LogP contribution >= 0.6 is 0 Å². The average molecular weight is 323 g/mol. The zero-order chi connectivity index (χ0) is 17.1. The Labute approximate surface area is 136 Å². The maximum atomic E-state index is 12.3. The first-order valence-corrected chi connectivity index (χ1v) is 7.12. The number of rotatable bonds is 4. The predicted octanol–water partition coefficient (Wildman–Crippen LogP) is 1.73. The van der Waals surface area contributed by atoms with Crippen LogP contribution in [0.3, 0.4) is 0 Å². The highest BCUT2D eigenvalue weighted by Gasteiger charge is 2.09. The van der Waals surface area contributed by atoms with Gasteiger partial charge in [-0.1, -0.05) is 12.1 Å². The van der Waals surface area contributed by atoms with Gasteiger partial charge in [0, 0.05) is 5.69 Å². The van der Waals surface area contributed by atoms with Gasteiger partial charge in [-0.15, -0.1) is 0 Å². The smallest absolute Gasteiger partial charge is 0.335 e. The lowest BCUT2D eigenvalue weighted by molar-refractivity contribution is -0.116. The molecule has 24 heavy (non-hydrogen) atoms. The lowest BCUT2D eigenvalue weighted by atomic mass is 10.2. The number of carboxylic acids is 1. The van der Waals surface area contributed by atoms with Crippen LogP contribution in [0, 0.1) is 0 Å². The van der Waals surface area contributed by atoms with E-state index in [0.29, 0.717) is 16.6 Å². The third-order valence-corrected chi connectivity index (χ3v) is 3.46. The molecule has 0 aliphatic rings. The summed E-state index contributed by atoms with van der Waals surface area (Å²) in [4.78, 5) is 39.3. The summed E-state index contributed by atoms with van der Waals surface area (Å²) in [6.45, 7) is -0.183. The fourth-order valence-corrected chi connectivity index (χ4v) is 2.27. The summed E-state index contributed by atoms with van der Waals surface area (Å²) in [5.74, 6) is -1.45. The lowest BCUT2D eigenvalue weighted by Crippen LogP contribution is -2.27. The molecule has 7 heteroatoms. The van der Waals surface area contributed by atoms with Crippen LogP contribution in [0.1, 0.15) is 10.4 Å². The van der Waals surface area contributed by atoms with E-state index < -0.39 is 11.9 Å². The molecule has 7 nitrogen and oxygen atoms in total. The number of hydrogen-bond donors (Lipinski definition) is 2. The summed E-state index contributed by atoms with van der Waals surface area (Å²) in [6.07, 6.45) is 1.33. The second kappa shape index (κ2) is 6.33. The minimum Gasteiger partial charge on any atom is -0.478 e. The Bertz CT molecular complexity index is 977. The number of carbonyl (C=O) groups is 2. The number of nitrogens with zero attached hydrogens (tertiary/aromatic N) is 2. The molecule has 0 spiro atoms. The zero-order valence-corrected chi connectivity index (χ0v) is 12.5. The minimum atomic E-state index is -1.04. The van der Waals surface area contributed by atoms with E-state index in [4.69, 9.17) is 5.11 Å². The Balaban J connectivity index is 1.76. The number of aromatic carboxylic acids is 1. The second-order valence-corrected chi connectivity index (χ2v) is 5.13. The average Bonchev–Trinajstić information content (AvgIpc) is 2.58. The number of aromatic nitrogens is 2. The molecule has 1 amide bonds. The van der Waals surface area contributed by atoms with Crippen molar-refractivity contribution in [2.75, 3.05) is 5.32 Å². The summed E-state index contributed by atoms with van der Waals surface area (Å²) in [6, 6.07) is 12.7. The normalized spacial score (nSPS) is 10.5. The molecule has 0 radical (unpaired) electrons. The van der Waals surface area contributed by atoms with Crippen LogP contribution in [0.5, 0.6) is 0 Å². The van der Waals surface area contributed by atoms with Crippen LogP contribution in [-0.4, -0.2) is 26.5 Å². The number of anilines is 1. The molecular weight excluding hydrogens is 310 g/mol. The van der Waals surface area contributed by atoms with E-state index in [9.17, 15) is 14.4 Å². The maximum absolute atomic E-state index is 12.3. The quantitative estimate of drug-likeness (QED) is 0.761. The van der Waals surface area contributed by atoms with Gasteiger partial charge in [0.05, 0.1) is 22.8 Å². The van der Waals surface area contributed by atoms with E-state index in [1.54, 1.807) is 24.3 Å². The molecule has 3 rings (SSSR count). The molecule has 1 aromatic heterocycles. The maximum Gasteiger partial charge on any atom is 0.335 e. The topological polar surface area (TPSA) is 101 Å². The van der Waals surface area contributed by atoms with Gasteiger partial charge in [0.1, 0.15) is 6.54 Å². The monoisotopic (exact) mass is 323 g/mol. The van der Waals surface area contributed by atoms with Gasteiger partial charge in [0.2, 0.25) is 5.91 Å². The molecule has 0 fully saturated rings. The van der Waals surface area contributed by atoms with E-state index in [2.05, 4.69) is 10.3 Å². The van der Waals surface area contributed by atoms with Crippen molar-refractivity contribution in [2.45, 2.75) is 6.54 Å². The third-order valence-electron chi connectivity index (χ3n) is 3.46. The minimum absolute atomic E-state index is 0.128. The molecule has 2 N–H and O–H groups in total. The van der Waals surface area contributed by atoms with Gasteiger partial charge in [-0.3, -0.25) is 14.2 Å². The van der Waals surface area contributed by atoms with Gasteiger partial charge < -0.3 is 10.4 Å². The number of benzene rings is 2. The first-order valence-electron chi connectivity index (χ1n) is 7.12.